The summed E-state index contributed by atoms with van der Waals surface area (Å²) in [4.78, 5) is 27.0. The Morgan fingerprint density at radius 1 is 1.07 bits per heavy atom. The number of amides is 1. The fourth-order valence-electron chi connectivity index (χ4n) is 3.45. The highest BCUT2D eigenvalue weighted by Crippen LogP contribution is 2.30. The van der Waals surface area contributed by atoms with Crippen LogP contribution < -0.4 is 10.5 Å². The van der Waals surface area contributed by atoms with Crippen LogP contribution in [-0.2, 0) is 6.54 Å². The molecule has 0 bridgehead atoms. The van der Waals surface area contributed by atoms with E-state index < -0.39 is 0 Å². The predicted molar refractivity (Wildman–Crippen MR) is 112 cm³/mol. The van der Waals surface area contributed by atoms with E-state index in [0.717, 1.165) is 28.6 Å². The average molecular weight is 362 g/mol. The fourth-order valence-corrected chi connectivity index (χ4v) is 3.45. The first-order valence-corrected chi connectivity index (χ1v) is 9.48. The van der Waals surface area contributed by atoms with Crippen molar-refractivity contribution in [2.45, 2.75) is 39.7 Å². The molecule has 0 N–H and O–H groups in total. The van der Waals surface area contributed by atoms with Crippen molar-refractivity contribution in [3.63, 3.8) is 0 Å². The van der Waals surface area contributed by atoms with Crippen LogP contribution in [0.3, 0.4) is 0 Å². The first-order chi connectivity index (χ1) is 13.0. The molecule has 4 nitrogen and oxygen atoms in total. The molecule has 0 fully saturated rings. The van der Waals surface area contributed by atoms with Crippen LogP contribution in [0.4, 0.5) is 5.69 Å². The van der Waals surface area contributed by atoms with E-state index in [0.29, 0.717) is 12.1 Å². The number of aromatic nitrogens is 1. The van der Waals surface area contributed by atoms with Crippen LogP contribution >= 0.6 is 0 Å². The highest BCUT2D eigenvalue weighted by Gasteiger charge is 2.17. The lowest BCUT2D eigenvalue weighted by Crippen LogP contribution is -2.26. The van der Waals surface area contributed by atoms with E-state index in [4.69, 9.17) is 0 Å². The van der Waals surface area contributed by atoms with Gasteiger partial charge in [-0.25, -0.2) is 0 Å². The second kappa shape index (κ2) is 7.78. The summed E-state index contributed by atoms with van der Waals surface area (Å²) in [6.45, 7) is 6.85. The Morgan fingerprint density at radius 2 is 1.78 bits per heavy atom. The van der Waals surface area contributed by atoms with Crippen molar-refractivity contribution < 1.29 is 4.79 Å². The lowest BCUT2D eigenvalue weighted by Gasteiger charge is -2.21. The molecule has 4 heteroatoms. The van der Waals surface area contributed by atoms with Crippen molar-refractivity contribution in [2.24, 2.45) is 0 Å². The zero-order valence-corrected chi connectivity index (χ0v) is 16.4. The molecule has 1 unspecified atom stereocenters. The maximum absolute atomic E-state index is 12.8. The molecular formula is C23H26N2O2. The first-order valence-electron chi connectivity index (χ1n) is 9.48. The van der Waals surface area contributed by atoms with Crippen LogP contribution in [0, 0.1) is 0 Å². The number of anilines is 1. The molecular weight excluding hydrogens is 336 g/mol. The van der Waals surface area contributed by atoms with Gasteiger partial charge in [-0.15, -0.1) is 0 Å². The Morgan fingerprint density at radius 3 is 2.41 bits per heavy atom. The highest BCUT2D eigenvalue weighted by atomic mass is 16.2. The number of benzene rings is 2. The Hall–Kier alpha value is -2.88. The minimum atomic E-state index is -0.0520. The number of nitrogens with zero attached hydrogens (tertiary/aromatic N) is 2. The maximum Gasteiger partial charge on any atom is 0.258 e. The van der Waals surface area contributed by atoms with Crippen LogP contribution in [0.1, 0.15) is 49.0 Å². The smallest absolute Gasteiger partial charge is 0.258 e. The number of carbonyl (C=O) groups excluding carboxylic acids is 1. The van der Waals surface area contributed by atoms with Crippen LogP contribution in [0.2, 0.25) is 0 Å². The number of fused-ring (bicyclic) bond motifs is 1. The summed E-state index contributed by atoms with van der Waals surface area (Å²) < 4.78 is 1.78. The van der Waals surface area contributed by atoms with Gasteiger partial charge in [0.1, 0.15) is 0 Å². The third-order valence-corrected chi connectivity index (χ3v) is 5.30. The SMILES string of the molecule is CCC(C)c1cc(=O)n(CC)c2ccc(N(C)C(=O)c3ccccc3)cc12. The van der Waals surface area contributed by atoms with Gasteiger partial charge in [0, 0.05) is 36.3 Å². The fraction of sp³-hybridized carbons (Fsp3) is 0.304. The van der Waals surface area contributed by atoms with Gasteiger partial charge < -0.3 is 9.47 Å². The van der Waals surface area contributed by atoms with Gasteiger partial charge in [-0.05, 0) is 55.2 Å². The molecule has 3 aromatic rings. The molecule has 0 aliphatic heterocycles. The third-order valence-electron chi connectivity index (χ3n) is 5.30. The van der Waals surface area contributed by atoms with E-state index in [2.05, 4.69) is 13.8 Å². The molecule has 2 aromatic carbocycles. The largest absolute Gasteiger partial charge is 0.311 e. The van der Waals surface area contributed by atoms with Gasteiger partial charge >= 0.3 is 0 Å². The minimum Gasteiger partial charge on any atom is -0.311 e. The molecule has 1 aromatic heterocycles. The number of aryl methyl sites for hydroxylation is 1. The van der Waals surface area contributed by atoms with Crippen LogP contribution in [-0.4, -0.2) is 17.5 Å². The molecule has 3 rings (SSSR count). The second-order valence-corrected chi connectivity index (χ2v) is 6.92. The van der Waals surface area contributed by atoms with Crippen molar-refractivity contribution in [1.82, 2.24) is 4.57 Å². The number of carbonyl (C=O) groups is 1. The molecule has 0 aliphatic carbocycles. The molecule has 0 radical (unpaired) electrons. The number of hydrogen-bond acceptors (Lipinski definition) is 2. The normalized spacial score (nSPS) is 12.1. The third kappa shape index (κ3) is 3.52. The molecule has 0 aliphatic rings. The summed E-state index contributed by atoms with van der Waals surface area (Å²) >= 11 is 0. The van der Waals surface area contributed by atoms with E-state index in [1.54, 1.807) is 22.6 Å². The number of rotatable bonds is 5. The quantitative estimate of drug-likeness (QED) is 0.653. The highest BCUT2D eigenvalue weighted by molar-refractivity contribution is 6.06. The number of pyridine rings is 1. The van der Waals surface area contributed by atoms with Gasteiger partial charge in [-0.3, -0.25) is 9.59 Å². The standard InChI is InChI=1S/C23H26N2O2/c1-5-16(3)19-15-22(26)25(6-2)21-13-12-18(14-20(19)21)24(4)23(27)17-10-8-7-9-11-17/h7-16H,5-6H2,1-4H3. The summed E-state index contributed by atoms with van der Waals surface area (Å²) in [5, 5.41) is 1.04. The number of hydrogen-bond donors (Lipinski definition) is 0. The van der Waals surface area contributed by atoms with Gasteiger partial charge in [0.25, 0.3) is 11.5 Å². The van der Waals surface area contributed by atoms with Crippen LogP contribution in [0.5, 0.6) is 0 Å². The maximum atomic E-state index is 12.8. The van der Waals surface area contributed by atoms with Crippen molar-refractivity contribution in [3.8, 4) is 0 Å². The van der Waals surface area contributed by atoms with E-state index in [1.807, 2.05) is 55.5 Å². The Bertz CT molecular complexity index is 1020. The topological polar surface area (TPSA) is 42.3 Å². The van der Waals surface area contributed by atoms with E-state index in [9.17, 15) is 9.59 Å². The van der Waals surface area contributed by atoms with Gasteiger partial charge in [-0.2, -0.15) is 0 Å². The molecule has 1 amide bonds. The van der Waals surface area contributed by atoms with Crippen molar-refractivity contribution in [1.29, 1.82) is 0 Å². The van der Waals surface area contributed by atoms with Gasteiger partial charge in [0.2, 0.25) is 0 Å². The summed E-state index contributed by atoms with van der Waals surface area (Å²) in [5.74, 6) is 0.223. The van der Waals surface area contributed by atoms with Gasteiger partial charge in [-0.1, -0.05) is 32.0 Å². The van der Waals surface area contributed by atoms with Crippen molar-refractivity contribution in [2.75, 3.05) is 11.9 Å². The molecule has 27 heavy (non-hydrogen) atoms. The zero-order valence-electron chi connectivity index (χ0n) is 16.4. The second-order valence-electron chi connectivity index (χ2n) is 6.92. The molecule has 0 saturated heterocycles. The average Bonchev–Trinajstić information content (AvgIpc) is 2.71. The van der Waals surface area contributed by atoms with E-state index >= 15 is 0 Å². The summed E-state index contributed by atoms with van der Waals surface area (Å²) in [6.07, 6.45) is 0.952. The Balaban J connectivity index is 2.15. The van der Waals surface area contributed by atoms with Crippen molar-refractivity contribution >= 4 is 22.5 Å². The summed E-state index contributed by atoms with van der Waals surface area (Å²) in [5.41, 5.74) is 3.47. The van der Waals surface area contributed by atoms with E-state index in [-0.39, 0.29) is 17.4 Å². The van der Waals surface area contributed by atoms with Crippen LogP contribution in [0.25, 0.3) is 10.9 Å². The molecule has 0 saturated carbocycles. The van der Waals surface area contributed by atoms with Crippen molar-refractivity contribution in [3.05, 3.63) is 76.1 Å². The monoisotopic (exact) mass is 362 g/mol. The van der Waals surface area contributed by atoms with Gasteiger partial charge in [0.15, 0.2) is 0 Å². The molecule has 1 heterocycles. The molecule has 1 atom stereocenters. The Kier molecular flexibility index (Phi) is 5.45. The van der Waals surface area contributed by atoms with Gasteiger partial charge in [0.05, 0.1) is 5.52 Å². The minimum absolute atomic E-state index is 0.0294. The van der Waals surface area contributed by atoms with E-state index in [1.165, 1.54) is 0 Å². The molecule has 0 spiro atoms. The lowest BCUT2D eigenvalue weighted by molar-refractivity contribution is 0.0993. The zero-order chi connectivity index (χ0) is 19.6. The molecule has 140 valence electrons. The summed E-state index contributed by atoms with van der Waals surface area (Å²) in [7, 11) is 1.79. The first kappa shape index (κ1) is 18.9. The predicted octanol–water partition coefficient (Wildman–Crippen LogP) is 4.81. The lowest BCUT2D eigenvalue weighted by atomic mass is 9.94. The Labute approximate surface area is 160 Å². The summed E-state index contributed by atoms with van der Waals surface area (Å²) in [6, 6.07) is 16.9. The van der Waals surface area contributed by atoms with Crippen LogP contribution in [0.15, 0.2) is 59.4 Å².